The van der Waals surface area contributed by atoms with E-state index in [9.17, 15) is 8.42 Å². The minimum Gasteiger partial charge on any atom is -0.393 e. The standard InChI is InChI=1S/C5H9NO2S2/c6-5(9)4-1-2-10(7,8)3-4/h4H,1-3H2,(H2,6,9)/t4-/m1/s1. The molecule has 1 heterocycles. The van der Waals surface area contributed by atoms with Crippen LogP contribution in [-0.4, -0.2) is 24.9 Å². The van der Waals surface area contributed by atoms with Gasteiger partial charge in [0.2, 0.25) is 0 Å². The molecule has 0 bridgehead atoms. The number of rotatable bonds is 1. The highest BCUT2D eigenvalue weighted by Gasteiger charge is 2.29. The summed E-state index contributed by atoms with van der Waals surface area (Å²) in [6.07, 6.45) is 0.609. The lowest BCUT2D eigenvalue weighted by atomic mass is 10.1. The molecule has 1 atom stereocenters. The first-order valence-corrected chi connectivity index (χ1v) is 5.24. The second-order valence-corrected chi connectivity index (χ2v) is 5.20. The summed E-state index contributed by atoms with van der Waals surface area (Å²) in [7, 11) is -2.81. The molecular formula is C5H9NO2S2. The fraction of sp³-hybridized carbons (Fsp3) is 0.800. The van der Waals surface area contributed by atoms with Gasteiger partial charge in [-0.2, -0.15) is 0 Å². The molecule has 1 saturated heterocycles. The van der Waals surface area contributed by atoms with Crippen molar-refractivity contribution in [3.63, 3.8) is 0 Å². The minimum absolute atomic E-state index is 0.0694. The van der Waals surface area contributed by atoms with E-state index in [2.05, 4.69) is 12.2 Å². The molecule has 0 saturated carbocycles. The Morgan fingerprint density at radius 3 is 2.40 bits per heavy atom. The van der Waals surface area contributed by atoms with Gasteiger partial charge in [-0.25, -0.2) is 8.42 Å². The van der Waals surface area contributed by atoms with Crippen LogP contribution >= 0.6 is 12.2 Å². The first-order chi connectivity index (χ1) is 4.51. The van der Waals surface area contributed by atoms with Crippen molar-refractivity contribution in [2.75, 3.05) is 11.5 Å². The highest BCUT2D eigenvalue weighted by atomic mass is 32.2. The fourth-order valence-corrected chi connectivity index (χ4v) is 3.10. The Morgan fingerprint density at radius 2 is 2.20 bits per heavy atom. The summed E-state index contributed by atoms with van der Waals surface area (Å²) >= 11 is 4.67. The molecule has 0 unspecified atom stereocenters. The zero-order chi connectivity index (χ0) is 7.78. The smallest absolute Gasteiger partial charge is 0.151 e. The highest BCUT2D eigenvalue weighted by molar-refractivity contribution is 7.91. The van der Waals surface area contributed by atoms with Gasteiger partial charge < -0.3 is 5.73 Å². The summed E-state index contributed by atoms with van der Waals surface area (Å²) in [5.74, 6) is 0.331. The van der Waals surface area contributed by atoms with Crippen molar-refractivity contribution in [1.29, 1.82) is 0 Å². The van der Waals surface area contributed by atoms with Crippen molar-refractivity contribution in [3.05, 3.63) is 0 Å². The first kappa shape index (κ1) is 7.94. The van der Waals surface area contributed by atoms with E-state index in [4.69, 9.17) is 5.73 Å². The second kappa shape index (κ2) is 2.47. The molecule has 1 fully saturated rings. The van der Waals surface area contributed by atoms with E-state index in [1.807, 2.05) is 0 Å². The molecule has 0 spiro atoms. The predicted octanol–water partition coefficient (Wildman–Crippen LogP) is -0.293. The van der Waals surface area contributed by atoms with E-state index in [1.165, 1.54) is 0 Å². The molecule has 58 valence electrons. The van der Waals surface area contributed by atoms with Crippen molar-refractivity contribution in [3.8, 4) is 0 Å². The lowest BCUT2D eigenvalue weighted by Gasteiger charge is -2.01. The summed E-state index contributed by atoms with van der Waals surface area (Å²) < 4.78 is 21.7. The normalized spacial score (nSPS) is 30.2. The van der Waals surface area contributed by atoms with Crippen molar-refractivity contribution in [2.45, 2.75) is 6.42 Å². The zero-order valence-corrected chi connectivity index (χ0v) is 7.04. The molecular weight excluding hydrogens is 170 g/mol. The molecule has 0 radical (unpaired) electrons. The van der Waals surface area contributed by atoms with Gasteiger partial charge in [-0.3, -0.25) is 0 Å². The van der Waals surface area contributed by atoms with Crippen LogP contribution in [0, 0.1) is 5.92 Å². The summed E-state index contributed by atoms with van der Waals surface area (Å²) in [4.78, 5) is 0.334. The van der Waals surface area contributed by atoms with Crippen LogP contribution in [0.2, 0.25) is 0 Å². The topological polar surface area (TPSA) is 60.2 Å². The molecule has 5 heteroatoms. The molecule has 10 heavy (non-hydrogen) atoms. The fourth-order valence-electron chi connectivity index (χ4n) is 1.02. The Kier molecular flexibility index (Phi) is 1.96. The maximum Gasteiger partial charge on any atom is 0.151 e. The second-order valence-electron chi connectivity index (χ2n) is 2.50. The Morgan fingerprint density at radius 1 is 1.60 bits per heavy atom. The monoisotopic (exact) mass is 179 g/mol. The number of hydrogen-bond donors (Lipinski definition) is 1. The Hall–Kier alpha value is -0.160. The van der Waals surface area contributed by atoms with Gasteiger partial charge in [0.25, 0.3) is 0 Å². The third kappa shape index (κ3) is 1.67. The van der Waals surface area contributed by atoms with Gasteiger partial charge in [-0.15, -0.1) is 0 Å². The Balaban J connectivity index is 2.69. The minimum atomic E-state index is -2.81. The van der Waals surface area contributed by atoms with E-state index < -0.39 is 9.84 Å². The highest BCUT2D eigenvalue weighted by Crippen LogP contribution is 2.17. The third-order valence-corrected chi connectivity index (χ3v) is 3.74. The van der Waals surface area contributed by atoms with Crippen molar-refractivity contribution < 1.29 is 8.42 Å². The molecule has 2 N–H and O–H groups in total. The van der Waals surface area contributed by atoms with Gasteiger partial charge in [0.1, 0.15) is 0 Å². The third-order valence-electron chi connectivity index (χ3n) is 1.63. The predicted molar refractivity (Wildman–Crippen MR) is 43.5 cm³/mol. The van der Waals surface area contributed by atoms with Crippen LogP contribution in [0.4, 0.5) is 0 Å². The van der Waals surface area contributed by atoms with Crippen LogP contribution < -0.4 is 5.73 Å². The van der Waals surface area contributed by atoms with E-state index in [0.717, 1.165) is 0 Å². The molecule has 0 aliphatic carbocycles. The number of sulfone groups is 1. The zero-order valence-electron chi connectivity index (χ0n) is 5.41. The Bertz CT molecular complexity index is 244. The van der Waals surface area contributed by atoms with Gasteiger partial charge in [0.05, 0.1) is 16.5 Å². The largest absolute Gasteiger partial charge is 0.393 e. The maximum atomic E-state index is 10.8. The molecule has 1 aliphatic heterocycles. The summed E-state index contributed by atoms with van der Waals surface area (Å²) in [5, 5.41) is 0. The SMILES string of the molecule is NC(=S)[C@@H]1CCS(=O)(=O)C1. The molecule has 0 aromatic rings. The van der Waals surface area contributed by atoms with E-state index in [-0.39, 0.29) is 17.4 Å². The van der Waals surface area contributed by atoms with Crippen LogP contribution in [0.25, 0.3) is 0 Å². The van der Waals surface area contributed by atoms with E-state index in [0.29, 0.717) is 11.4 Å². The van der Waals surface area contributed by atoms with Crippen LogP contribution in [0.15, 0.2) is 0 Å². The average molecular weight is 179 g/mol. The average Bonchev–Trinajstić information content (AvgIpc) is 2.10. The Labute approximate surface area is 65.5 Å². The van der Waals surface area contributed by atoms with Crippen LogP contribution in [0.1, 0.15) is 6.42 Å². The number of hydrogen-bond acceptors (Lipinski definition) is 3. The van der Waals surface area contributed by atoms with E-state index >= 15 is 0 Å². The molecule has 0 aromatic heterocycles. The van der Waals surface area contributed by atoms with Crippen LogP contribution in [0.3, 0.4) is 0 Å². The van der Waals surface area contributed by atoms with Crippen LogP contribution in [-0.2, 0) is 9.84 Å². The van der Waals surface area contributed by atoms with Crippen molar-refractivity contribution in [2.24, 2.45) is 11.7 Å². The van der Waals surface area contributed by atoms with Crippen molar-refractivity contribution in [1.82, 2.24) is 0 Å². The van der Waals surface area contributed by atoms with Gasteiger partial charge in [-0.1, -0.05) is 12.2 Å². The number of nitrogens with two attached hydrogens (primary N) is 1. The van der Waals surface area contributed by atoms with Gasteiger partial charge in [-0.05, 0) is 6.42 Å². The summed E-state index contributed by atoms with van der Waals surface area (Å²) in [6, 6.07) is 0. The quantitative estimate of drug-likeness (QED) is 0.562. The first-order valence-electron chi connectivity index (χ1n) is 3.01. The van der Waals surface area contributed by atoms with Gasteiger partial charge in [0, 0.05) is 5.92 Å². The molecule has 0 aromatic carbocycles. The molecule has 0 amide bonds. The molecule has 3 nitrogen and oxygen atoms in total. The van der Waals surface area contributed by atoms with Crippen LogP contribution in [0.5, 0.6) is 0 Å². The van der Waals surface area contributed by atoms with Crippen molar-refractivity contribution >= 4 is 27.0 Å². The molecule has 1 rings (SSSR count). The molecule has 1 aliphatic rings. The summed E-state index contributed by atoms with van der Waals surface area (Å²) in [6.45, 7) is 0. The summed E-state index contributed by atoms with van der Waals surface area (Å²) in [5.41, 5.74) is 5.29. The lowest BCUT2D eigenvalue weighted by molar-refractivity contribution is 0.601. The van der Waals surface area contributed by atoms with E-state index in [1.54, 1.807) is 0 Å². The van der Waals surface area contributed by atoms with Gasteiger partial charge in [0.15, 0.2) is 9.84 Å². The number of thiocarbonyl (C=S) groups is 1. The van der Waals surface area contributed by atoms with Gasteiger partial charge >= 0.3 is 0 Å². The lowest BCUT2D eigenvalue weighted by Crippen LogP contribution is -2.21. The maximum absolute atomic E-state index is 10.8.